The highest BCUT2D eigenvalue weighted by Crippen LogP contribution is 2.32. The van der Waals surface area contributed by atoms with Crippen LogP contribution in [0.15, 0.2) is 72.8 Å². The van der Waals surface area contributed by atoms with Crippen LogP contribution in [0.2, 0.25) is 0 Å². The number of rotatable bonds is 6. The lowest BCUT2D eigenvalue weighted by atomic mass is 9.87. The minimum absolute atomic E-state index is 0.0713. The average Bonchev–Trinajstić information content (AvgIpc) is 3.39. The van der Waals surface area contributed by atoms with Crippen molar-refractivity contribution in [2.24, 2.45) is 0 Å². The van der Waals surface area contributed by atoms with E-state index in [0.717, 1.165) is 34.7 Å². The van der Waals surface area contributed by atoms with Crippen molar-refractivity contribution in [3.05, 3.63) is 95.3 Å². The maximum Gasteiger partial charge on any atom is 0.223 e. The summed E-state index contributed by atoms with van der Waals surface area (Å²) in [5.41, 5.74) is 5.89. The van der Waals surface area contributed by atoms with E-state index in [4.69, 9.17) is 9.72 Å². The quantitative estimate of drug-likeness (QED) is 0.354. The van der Waals surface area contributed by atoms with Crippen LogP contribution in [0.25, 0.3) is 11.0 Å². The summed E-state index contributed by atoms with van der Waals surface area (Å²) in [5.74, 6) is 2.07. The van der Waals surface area contributed by atoms with Gasteiger partial charge in [-0.15, -0.1) is 0 Å². The molecular weight excluding hydrogens is 434 g/mol. The lowest BCUT2D eigenvalue weighted by Crippen LogP contribution is -2.24. The topological polar surface area (TPSA) is 47.4 Å². The van der Waals surface area contributed by atoms with Gasteiger partial charge in [0.05, 0.1) is 18.1 Å². The molecule has 5 nitrogen and oxygen atoms in total. The first-order chi connectivity index (χ1) is 16.8. The summed E-state index contributed by atoms with van der Waals surface area (Å²) in [6.45, 7) is 8.73. The number of nitrogens with zero attached hydrogens (tertiary/aromatic N) is 3. The lowest BCUT2D eigenvalue weighted by molar-refractivity contribution is -0.128. The van der Waals surface area contributed by atoms with Gasteiger partial charge in [-0.1, -0.05) is 69.3 Å². The van der Waals surface area contributed by atoms with E-state index in [1.165, 1.54) is 11.1 Å². The summed E-state index contributed by atoms with van der Waals surface area (Å²) in [7, 11) is 1.66. The first-order valence-electron chi connectivity index (χ1n) is 12.3. The van der Waals surface area contributed by atoms with Gasteiger partial charge in [-0.25, -0.2) is 4.98 Å². The second-order valence-corrected chi connectivity index (χ2v) is 10.5. The Balaban J connectivity index is 1.41. The Labute approximate surface area is 207 Å². The third-order valence-electron chi connectivity index (χ3n) is 6.96. The van der Waals surface area contributed by atoms with Crippen LogP contribution in [0, 0.1) is 0 Å². The average molecular weight is 468 g/mol. The fourth-order valence-corrected chi connectivity index (χ4v) is 4.91. The number of ether oxygens (including phenoxy) is 1. The number of hydrogen-bond acceptors (Lipinski definition) is 3. The molecule has 0 bridgehead atoms. The van der Waals surface area contributed by atoms with Crippen molar-refractivity contribution in [1.29, 1.82) is 0 Å². The predicted molar refractivity (Wildman–Crippen MR) is 140 cm³/mol. The van der Waals surface area contributed by atoms with Gasteiger partial charge in [0.1, 0.15) is 11.6 Å². The van der Waals surface area contributed by atoms with E-state index in [1.807, 2.05) is 35.2 Å². The molecule has 1 aromatic heterocycles. The van der Waals surface area contributed by atoms with Crippen LogP contribution < -0.4 is 4.74 Å². The SMILES string of the molecule is COc1ccc(CN2CC(c3nc4ccccc4n3Cc3ccc(C(C)(C)C)cc3)CC2=O)cc1. The zero-order valence-corrected chi connectivity index (χ0v) is 21.0. The molecule has 1 aliphatic rings. The van der Waals surface area contributed by atoms with Gasteiger partial charge in [0.2, 0.25) is 5.91 Å². The molecule has 5 heteroatoms. The van der Waals surface area contributed by atoms with Crippen molar-refractivity contribution in [2.75, 3.05) is 13.7 Å². The van der Waals surface area contributed by atoms with E-state index < -0.39 is 0 Å². The van der Waals surface area contributed by atoms with E-state index >= 15 is 0 Å². The summed E-state index contributed by atoms with van der Waals surface area (Å²) in [6.07, 6.45) is 0.489. The highest BCUT2D eigenvalue weighted by Gasteiger charge is 2.34. The Hall–Kier alpha value is -3.60. The number of methoxy groups -OCH3 is 1. The minimum Gasteiger partial charge on any atom is -0.497 e. The molecule has 1 atom stereocenters. The summed E-state index contributed by atoms with van der Waals surface area (Å²) >= 11 is 0. The molecule has 1 saturated heterocycles. The molecule has 4 aromatic rings. The number of hydrogen-bond donors (Lipinski definition) is 0. The molecule has 0 saturated carbocycles. The van der Waals surface area contributed by atoms with Crippen molar-refractivity contribution in [3.8, 4) is 5.75 Å². The first kappa shape index (κ1) is 23.2. The monoisotopic (exact) mass is 467 g/mol. The number of benzene rings is 3. The summed E-state index contributed by atoms with van der Waals surface area (Å²) in [5, 5.41) is 0. The number of likely N-dealkylation sites (tertiary alicyclic amines) is 1. The number of carbonyl (C=O) groups excluding carboxylic acids is 1. The minimum atomic E-state index is 0.0713. The molecule has 1 aliphatic heterocycles. The summed E-state index contributed by atoms with van der Waals surface area (Å²) < 4.78 is 7.56. The number of fused-ring (bicyclic) bond motifs is 1. The summed E-state index contributed by atoms with van der Waals surface area (Å²) in [6, 6.07) is 25.1. The van der Waals surface area contributed by atoms with Crippen LogP contribution in [0.3, 0.4) is 0 Å². The van der Waals surface area contributed by atoms with E-state index in [9.17, 15) is 4.79 Å². The molecule has 3 aromatic carbocycles. The van der Waals surface area contributed by atoms with Crippen LogP contribution >= 0.6 is 0 Å². The molecule has 5 rings (SSSR count). The molecule has 0 N–H and O–H groups in total. The Morgan fingerprint density at radius 3 is 2.26 bits per heavy atom. The highest BCUT2D eigenvalue weighted by molar-refractivity contribution is 5.81. The van der Waals surface area contributed by atoms with Crippen LogP contribution in [-0.2, 0) is 23.3 Å². The Morgan fingerprint density at radius 2 is 1.57 bits per heavy atom. The van der Waals surface area contributed by atoms with Crippen LogP contribution in [0.5, 0.6) is 5.75 Å². The first-order valence-corrected chi connectivity index (χ1v) is 12.3. The fraction of sp³-hybridized carbons (Fsp3) is 0.333. The Bertz CT molecular complexity index is 1330. The normalized spacial score (nSPS) is 16.3. The van der Waals surface area contributed by atoms with E-state index in [0.29, 0.717) is 19.5 Å². The van der Waals surface area contributed by atoms with Crippen LogP contribution in [0.1, 0.15) is 55.6 Å². The van der Waals surface area contributed by atoms with Crippen LogP contribution in [0.4, 0.5) is 0 Å². The molecule has 180 valence electrons. The molecular formula is C30H33N3O2. The van der Waals surface area contributed by atoms with Gasteiger partial charge in [0.15, 0.2) is 0 Å². The van der Waals surface area contributed by atoms with Crippen molar-refractivity contribution in [2.45, 2.75) is 51.6 Å². The maximum atomic E-state index is 13.0. The van der Waals surface area contributed by atoms with E-state index in [-0.39, 0.29) is 17.2 Å². The number of carbonyl (C=O) groups is 1. The standard InChI is InChI=1S/C30H33N3O2/c1-30(2,3)24-13-9-22(10-14-24)19-33-27-8-6-5-7-26(27)31-29(33)23-17-28(34)32(20-23)18-21-11-15-25(35-4)16-12-21/h5-16,23H,17-20H2,1-4H3. The molecule has 2 heterocycles. The maximum absolute atomic E-state index is 13.0. The second kappa shape index (κ2) is 9.21. The second-order valence-electron chi connectivity index (χ2n) is 10.5. The van der Waals surface area contributed by atoms with Crippen molar-refractivity contribution >= 4 is 16.9 Å². The number of aromatic nitrogens is 2. The number of para-hydroxylation sites is 2. The third-order valence-corrected chi connectivity index (χ3v) is 6.96. The zero-order chi connectivity index (χ0) is 24.6. The smallest absolute Gasteiger partial charge is 0.223 e. The Morgan fingerprint density at radius 1 is 0.914 bits per heavy atom. The van der Waals surface area contributed by atoms with Gasteiger partial charge in [0.25, 0.3) is 0 Å². The van der Waals surface area contributed by atoms with Crippen molar-refractivity contribution < 1.29 is 9.53 Å². The zero-order valence-electron chi connectivity index (χ0n) is 21.0. The largest absolute Gasteiger partial charge is 0.497 e. The summed E-state index contributed by atoms with van der Waals surface area (Å²) in [4.78, 5) is 19.9. The third kappa shape index (κ3) is 4.81. The van der Waals surface area contributed by atoms with Gasteiger partial charge in [-0.3, -0.25) is 4.79 Å². The van der Waals surface area contributed by atoms with Gasteiger partial charge in [-0.05, 0) is 46.4 Å². The van der Waals surface area contributed by atoms with E-state index in [2.05, 4.69) is 67.8 Å². The molecule has 1 amide bonds. The molecule has 0 radical (unpaired) electrons. The fourth-order valence-electron chi connectivity index (χ4n) is 4.91. The molecule has 0 aliphatic carbocycles. The van der Waals surface area contributed by atoms with Gasteiger partial charge in [-0.2, -0.15) is 0 Å². The van der Waals surface area contributed by atoms with Crippen LogP contribution in [-0.4, -0.2) is 34.0 Å². The molecule has 1 fully saturated rings. The molecule has 1 unspecified atom stereocenters. The lowest BCUT2D eigenvalue weighted by Gasteiger charge is -2.20. The van der Waals surface area contributed by atoms with Gasteiger partial charge in [0, 0.05) is 32.0 Å². The van der Waals surface area contributed by atoms with Gasteiger partial charge < -0.3 is 14.2 Å². The molecule has 35 heavy (non-hydrogen) atoms. The predicted octanol–water partition coefficient (Wildman–Crippen LogP) is 5.91. The Kier molecular flexibility index (Phi) is 6.10. The number of amides is 1. The van der Waals surface area contributed by atoms with Crippen molar-refractivity contribution in [3.63, 3.8) is 0 Å². The molecule has 0 spiro atoms. The van der Waals surface area contributed by atoms with E-state index in [1.54, 1.807) is 7.11 Å². The number of imidazole rings is 1. The highest BCUT2D eigenvalue weighted by atomic mass is 16.5. The van der Waals surface area contributed by atoms with Crippen molar-refractivity contribution in [1.82, 2.24) is 14.5 Å². The van der Waals surface area contributed by atoms with Gasteiger partial charge >= 0.3 is 0 Å².